The number of amides is 1. The number of nitriles is 2. The lowest BCUT2D eigenvalue weighted by molar-refractivity contribution is -0.145. The lowest BCUT2D eigenvalue weighted by Crippen LogP contribution is -2.60. The van der Waals surface area contributed by atoms with Crippen molar-refractivity contribution in [3.63, 3.8) is 0 Å². The number of para-hydroxylation sites is 1. The smallest absolute Gasteiger partial charge is 0.234 e. The number of carbonyl (C=O) groups excluding carboxylic acids is 1. The van der Waals surface area contributed by atoms with E-state index in [4.69, 9.17) is 20.0 Å². The molecule has 0 saturated carbocycles. The lowest BCUT2D eigenvalue weighted by Gasteiger charge is -2.45. The molecule has 2 aromatic rings. The van der Waals surface area contributed by atoms with Gasteiger partial charge in [-0.05, 0) is 36.2 Å². The van der Waals surface area contributed by atoms with Crippen LogP contribution in [0.25, 0.3) is 0 Å². The summed E-state index contributed by atoms with van der Waals surface area (Å²) in [5.74, 6) is 0.632. The minimum Gasteiger partial charge on any atom is -0.492 e. The summed E-state index contributed by atoms with van der Waals surface area (Å²) < 4.78 is 11.9. The van der Waals surface area contributed by atoms with Crippen molar-refractivity contribution in [2.24, 2.45) is 0 Å². The van der Waals surface area contributed by atoms with Crippen molar-refractivity contribution in [3.8, 4) is 17.9 Å². The number of nitrogens with zero attached hydrogens (tertiary/aromatic N) is 4. The van der Waals surface area contributed by atoms with Crippen LogP contribution in [0.4, 0.5) is 0 Å². The van der Waals surface area contributed by atoms with Crippen molar-refractivity contribution in [2.75, 3.05) is 45.9 Å². The summed E-state index contributed by atoms with van der Waals surface area (Å²) >= 11 is 0. The van der Waals surface area contributed by atoms with Crippen LogP contribution in [0.5, 0.6) is 5.75 Å². The van der Waals surface area contributed by atoms with Crippen LogP contribution in [0, 0.1) is 22.7 Å². The molecule has 0 radical (unpaired) electrons. The Kier molecular flexibility index (Phi) is 8.11. The second-order valence-electron chi connectivity index (χ2n) is 8.73. The molecule has 1 N–H and O–H groups in total. The molecule has 2 aliphatic heterocycles. The number of hydrogen-bond donors (Lipinski definition) is 1. The Morgan fingerprint density at radius 3 is 2.41 bits per heavy atom. The van der Waals surface area contributed by atoms with E-state index in [0.29, 0.717) is 36.6 Å². The zero-order valence-electron chi connectivity index (χ0n) is 19.2. The second-order valence-corrected chi connectivity index (χ2v) is 8.73. The fourth-order valence-electron chi connectivity index (χ4n) is 4.48. The molecule has 2 fully saturated rings. The first-order chi connectivity index (χ1) is 16.6. The van der Waals surface area contributed by atoms with Gasteiger partial charge in [-0.15, -0.1) is 0 Å². The Hall–Kier alpha value is -3.43. The van der Waals surface area contributed by atoms with Crippen LogP contribution in [-0.4, -0.2) is 73.8 Å². The van der Waals surface area contributed by atoms with Gasteiger partial charge in [-0.1, -0.05) is 24.3 Å². The van der Waals surface area contributed by atoms with Gasteiger partial charge in [0.05, 0.1) is 42.6 Å². The summed E-state index contributed by atoms with van der Waals surface area (Å²) in [5, 5.41) is 21.0. The molecule has 0 spiro atoms. The van der Waals surface area contributed by atoms with Crippen molar-refractivity contribution < 1.29 is 14.3 Å². The molecular weight excluding hydrogens is 430 g/mol. The molecular formula is C26H29N5O3. The average molecular weight is 460 g/mol. The highest BCUT2D eigenvalue weighted by Gasteiger charge is 2.35. The zero-order valence-corrected chi connectivity index (χ0v) is 19.2. The predicted molar refractivity (Wildman–Crippen MR) is 126 cm³/mol. The summed E-state index contributed by atoms with van der Waals surface area (Å²) in [6.45, 7) is 5.46. The maximum atomic E-state index is 12.4. The highest BCUT2D eigenvalue weighted by molar-refractivity contribution is 5.78. The molecule has 4 rings (SSSR count). The van der Waals surface area contributed by atoms with Crippen molar-refractivity contribution in [2.45, 2.75) is 25.2 Å². The SMILES string of the molecule is N#Cc1ccc(CNC(=O)CN2CC3CN(CCCOc4ccccc4C#N)CC(C2)O3)cc1. The molecule has 1 amide bonds. The molecule has 176 valence electrons. The van der Waals surface area contributed by atoms with Gasteiger partial charge < -0.3 is 14.8 Å². The third kappa shape index (κ3) is 6.55. The van der Waals surface area contributed by atoms with E-state index < -0.39 is 0 Å². The number of carbonyl (C=O) groups is 1. The van der Waals surface area contributed by atoms with Crippen LogP contribution in [-0.2, 0) is 16.1 Å². The van der Waals surface area contributed by atoms with Gasteiger partial charge in [0.1, 0.15) is 11.8 Å². The Labute approximate surface area is 200 Å². The standard InChI is InChI=1S/C26H29N5O3/c27-12-20-6-8-21(9-7-20)14-29-26(32)19-31-17-23-15-30(16-24(18-31)34-23)10-3-11-33-25-5-2-1-4-22(25)13-28/h1-2,4-9,23-24H,3,10-11,14-19H2,(H,29,32). The van der Waals surface area contributed by atoms with E-state index in [9.17, 15) is 4.79 Å². The first-order valence-corrected chi connectivity index (χ1v) is 11.6. The number of hydrogen-bond acceptors (Lipinski definition) is 7. The number of morpholine rings is 2. The molecule has 8 nitrogen and oxygen atoms in total. The highest BCUT2D eigenvalue weighted by atomic mass is 16.5. The van der Waals surface area contributed by atoms with Crippen LogP contribution in [0.3, 0.4) is 0 Å². The molecule has 0 aliphatic carbocycles. The van der Waals surface area contributed by atoms with Crippen LogP contribution in [0.2, 0.25) is 0 Å². The monoisotopic (exact) mass is 459 g/mol. The number of rotatable bonds is 9. The minimum absolute atomic E-state index is 0.00371. The van der Waals surface area contributed by atoms with Crippen molar-refractivity contribution in [1.29, 1.82) is 10.5 Å². The van der Waals surface area contributed by atoms with Gasteiger partial charge in [0.15, 0.2) is 0 Å². The Morgan fingerprint density at radius 1 is 1.00 bits per heavy atom. The van der Waals surface area contributed by atoms with Crippen LogP contribution >= 0.6 is 0 Å². The summed E-state index contributed by atoms with van der Waals surface area (Å²) in [6.07, 6.45) is 1.07. The van der Waals surface area contributed by atoms with Gasteiger partial charge in [0.2, 0.25) is 5.91 Å². The van der Waals surface area contributed by atoms with Crippen LogP contribution < -0.4 is 10.1 Å². The molecule has 0 aromatic heterocycles. The molecule has 2 aromatic carbocycles. The van der Waals surface area contributed by atoms with E-state index in [-0.39, 0.29) is 18.1 Å². The highest BCUT2D eigenvalue weighted by Crippen LogP contribution is 2.20. The topological polar surface area (TPSA) is 102 Å². The number of nitrogens with one attached hydrogen (secondary N) is 1. The largest absolute Gasteiger partial charge is 0.492 e. The maximum absolute atomic E-state index is 12.4. The molecule has 2 saturated heterocycles. The first-order valence-electron chi connectivity index (χ1n) is 11.6. The molecule has 8 heteroatoms. The summed E-state index contributed by atoms with van der Waals surface area (Å²) in [7, 11) is 0. The number of benzene rings is 2. The summed E-state index contributed by atoms with van der Waals surface area (Å²) in [6, 6.07) is 18.8. The van der Waals surface area contributed by atoms with Crippen LogP contribution in [0.1, 0.15) is 23.1 Å². The predicted octanol–water partition coefficient (Wildman–Crippen LogP) is 1.90. The van der Waals surface area contributed by atoms with Crippen molar-refractivity contribution >= 4 is 5.91 Å². The minimum atomic E-state index is -0.00371. The normalized spacial score (nSPS) is 20.2. The molecule has 2 unspecified atom stereocenters. The third-order valence-corrected chi connectivity index (χ3v) is 6.06. The van der Waals surface area contributed by atoms with Crippen LogP contribution in [0.15, 0.2) is 48.5 Å². The van der Waals surface area contributed by atoms with Gasteiger partial charge in [-0.25, -0.2) is 0 Å². The van der Waals surface area contributed by atoms with Gasteiger partial charge >= 0.3 is 0 Å². The van der Waals surface area contributed by atoms with Gasteiger partial charge in [0, 0.05) is 39.3 Å². The van der Waals surface area contributed by atoms with Crippen molar-refractivity contribution in [3.05, 3.63) is 65.2 Å². The average Bonchev–Trinajstić information content (AvgIpc) is 2.85. The zero-order chi connectivity index (χ0) is 23.8. The Bertz CT molecular complexity index is 1050. The number of ether oxygens (including phenoxy) is 2. The Balaban J connectivity index is 1.15. The first kappa shape index (κ1) is 23.7. The summed E-state index contributed by atoms with van der Waals surface area (Å²) in [5.41, 5.74) is 2.15. The molecule has 2 bridgehead atoms. The van der Waals surface area contributed by atoms with Gasteiger partial charge in [-0.2, -0.15) is 10.5 Å². The fourth-order valence-corrected chi connectivity index (χ4v) is 4.48. The molecule has 2 aliphatic rings. The van der Waals surface area contributed by atoms with E-state index in [0.717, 1.165) is 44.7 Å². The second kappa shape index (κ2) is 11.6. The number of fused-ring (bicyclic) bond motifs is 2. The molecule has 2 atom stereocenters. The molecule has 34 heavy (non-hydrogen) atoms. The van der Waals surface area contributed by atoms with E-state index in [2.05, 4.69) is 27.3 Å². The molecule has 2 heterocycles. The van der Waals surface area contributed by atoms with E-state index in [1.165, 1.54) is 0 Å². The third-order valence-electron chi connectivity index (χ3n) is 6.06. The summed E-state index contributed by atoms with van der Waals surface area (Å²) in [4.78, 5) is 17.0. The Morgan fingerprint density at radius 2 is 1.71 bits per heavy atom. The van der Waals surface area contributed by atoms with Crippen molar-refractivity contribution in [1.82, 2.24) is 15.1 Å². The lowest BCUT2D eigenvalue weighted by atomic mass is 10.1. The van der Waals surface area contributed by atoms with Gasteiger partial charge in [0.25, 0.3) is 0 Å². The maximum Gasteiger partial charge on any atom is 0.234 e. The van der Waals surface area contributed by atoms with E-state index in [1.807, 2.05) is 30.3 Å². The fraction of sp³-hybridized carbons (Fsp3) is 0.423. The van der Waals surface area contributed by atoms with E-state index >= 15 is 0 Å². The van der Waals surface area contributed by atoms with E-state index in [1.54, 1.807) is 18.2 Å². The van der Waals surface area contributed by atoms with Gasteiger partial charge in [-0.3, -0.25) is 14.6 Å². The quantitative estimate of drug-likeness (QED) is 0.572.